The highest BCUT2D eigenvalue weighted by molar-refractivity contribution is 6.42. The van der Waals surface area contributed by atoms with Gasteiger partial charge in [0.2, 0.25) is 5.91 Å². The van der Waals surface area contributed by atoms with Crippen LogP contribution in [0.15, 0.2) is 60.7 Å². The van der Waals surface area contributed by atoms with Crippen LogP contribution in [0.2, 0.25) is 10.0 Å². The number of H-pyrrole nitrogens is 1. The molecular weight excluding hydrogens is 483 g/mol. The van der Waals surface area contributed by atoms with Gasteiger partial charge < -0.3 is 15.6 Å². The van der Waals surface area contributed by atoms with Crippen molar-refractivity contribution in [1.29, 1.82) is 0 Å². The lowest BCUT2D eigenvalue weighted by molar-refractivity contribution is -0.120. The molecule has 178 valence electrons. The number of nitrogens with one attached hydrogen (secondary N) is 3. The van der Waals surface area contributed by atoms with Crippen molar-refractivity contribution in [3.63, 3.8) is 0 Å². The van der Waals surface area contributed by atoms with Gasteiger partial charge in [0.05, 0.1) is 21.1 Å². The van der Waals surface area contributed by atoms with E-state index >= 15 is 0 Å². The highest BCUT2D eigenvalue weighted by Gasteiger charge is 2.21. The molecule has 1 fully saturated rings. The second-order valence-electron chi connectivity index (χ2n) is 8.80. The van der Waals surface area contributed by atoms with Crippen LogP contribution in [0.4, 0.5) is 11.4 Å². The molecule has 4 aromatic rings. The number of aromatic nitrogens is 2. The monoisotopic (exact) mass is 506 g/mol. The summed E-state index contributed by atoms with van der Waals surface area (Å²) < 4.78 is 0. The number of imidazole rings is 1. The molecule has 6 nitrogen and oxygen atoms in total. The average Bonchev–Trinajstić information content (AvgIpc) is 3.30. The third-order valence-electron chi connectivity index (χ3n) is 6.32. The number of rotatable bonds is 5. The molecule has 3 N–H and O–H groups in total. The standard InChI is InChI=1S/C27H24Cl2N4O2/c28-21-12-8-18(14-22(21)29)27(35)31-20-11-13-23-24(15-20)33-25(32-23)16-6-9-19(10-7-16)30-26(34)17-4-2-1-3-5-17/h6-15,17H,1-5H2,(H,30,34)(H,31,35)(H,32,33). The first-order valence-corrected chi connectivity index (χ1v) is 12.4. The molecule has 0 unspecified atom stereocenters. The Bertz CT molecular complexity index is 1390. The number of benzene rings is 3. The van der Waals surface area contributed by atoms with Gasteiger partial charge in [0.15, 0.2) is 0 Å². The summed E-state index contributed by atoms with van der Waals surface area (Å²) in [4.78, 5) is 33.0. The minimum Gasteiger partial charge on any atom is -0.338 e. The number of halogens is 2. The Morgan fingerprint density at radius 2 is 1.57 bits per heavy atom. The van der Waals surface area contributed by atoms with Crippen LogP contribution < -0.4 is 10.6 Å². The highest BCUT2D eigenvalue weighted by Crippen LogP contribution is 2.27. The lowest BCUT2D eigenvalue weighted by atomic mass is 9.88. The van der Waals surface area contributed by atoms with Gasteiger partial charge in [-0.3, -0.25) is 9.59 Å². The molecule has 5 rings (SSSR count). The molecule has 1 aromatic heterocycles. The van der Waals surface area contributed by atoms with Crippen molar-refractivity contribution in [2.75, 3.05) is 10.6 Å². The first-order valence-electron chi connectivity index (χ1n) is 11.6. The average molecular weight is 507 g/mol. The molecule has 3 aromatic carbocycles. The van der Waals surface area contributed by atoms with Gasteiger partial charge in [-0.15, -0.1) is 0 Å². The number of nitrogens with zero attached hydrogens (tertiary/aromatic N) is 1. The van der Waals surface area contributed by atoms with E-state index < -0.39 is 0 Å². The van der Waals surface area contributed by atoms with Crippen LogP contribution >= 0.6 is 23.2 Å². The summed E-state index contributed by atoms with van der Waals surface area (Å²) in [6, 6.07) is 17.9. The summed E-state index contributed by atoms with van der Waals surface area (Å²) in [6.07, 6.45) is 5.42. The van der Waals surface area contributed by atoms with Gasteiger partial charge in [0, 0.05) is 28.4 Å². The second kappa shape index (κ2) is 10.1. The van der Waals surface area contributed by atoms with Crippen molar-refractivity contribution in [2.45, 2.75) is 32.1 Å². The second-order valence-corrected chi connectivity index (χ2v) is 9.62. The van der Waals surface area contributed by atoms with E-state index in [1.165, 1.54) is 12.5 Å². The van der Waals surface area contributed by atoms with Crippen molar-refractivity contribution in [3.05, 3.63) is 76.3 Å². The molecule has 0 spiro atoms. The van der Waals surface area contributed by atoms with Crippen LogP contribution in [-0.2, 0) is 4.79 Å². The van der Waals surface area contributed by atoms with Crippen molar-refractivity contribution in [3.8, 4) is 11.4 Å². The van der Waals surface area contributed by atoms with Crippen molar-refractivity contribution in [2.24, 2.45) is 5.92 Å². The Labute approximate surface area is 213 Å². The maximum absolute atomic E-state index is 12.6. The van der Waals surface area contributed by atoms with Crippen LogP contribution in [0.25, 0.3) is 22.4 Å². The number of carbonyl (C=O) groups is 2. The molecule has 2 amide bonds. The van der Waals surface area contributed by atoms with E-state index in [9.17, 15) is 9.59 Å². The molecule has 1 aliphatic rings. The SMILES string of the molecule is O=C(Nc1ccc2nc(-c3ccc(NC(=O)C4CCCCC4)cc3)[nH]c2c1)c1ccc(Cl)c(Cl)c1. The van der Waals surface area contributed by atoms with Gasteiger partial charge >= 0.3 is 0 Å². The van der Waals surface area contributed by atoms with Gasteiger partial charge in [-0.2, -0.15) is 0 Å². The molecule has 0 bridgehead atoms. The Morgan fingerprint density at radius 1 is 0.829 bits per heavy atom. The smallest absolute Gasteiger partial charge is 0.255 e. The maximum Gasteiger partial charge on any atom is 0.255 e. The number of fused-ring (bicyclic) bond motifs is 1. The fourth-order valence-electron chi connectivity index (χ4n) is 4.39. The Balaban J connectivity index is 1.28. The summed E-state index contributed by atoms with van der Waals surface area (Å²) in [6.45, 7) is 0. The largest absolute Gasteiger partial charge is 0.338 e. The molecular formula is C27H24Cl2N4O2. The van der Waals surface area contributed by atoms with Crippen molar-refractivity contribution >= 4 is 57.4 Å². The molecule has 0 atom stereocenters. The third-order valence-corrected chi connectivity index (χ3v) is 7.06. The van der Waals surface area contributed by atoms with E-state index in [0.29, 0.717) is 27.1 Å². The third kappa shape index (κ3) is 5.34. The lowest BCUT2D eigenvalue weighted by Crippen LogP contribution is -2.24. The van der Waals surface area contributed by atoms with Crippen LogP contribution in [0.3, 0.4) is 0 Å². The number of hydrogen-bond donors (Lipinski definition) is 3. The van der Waals surface area contributed by atoms with E-state index in [2.05, 4.69) is 20.6 Å². The van der Waals surface area contributed by atoms with Crippen LogP contribution in [0, 0.1) is 5.92 Å². The van der Waals surface area contributed by atoms with Gasteiger partial charge in [-0.1, -0.05) is 42.5 Å². The zero-order valence-electron chi connectivity index (χ0n) is 18.9. The van der Waals surface area contributed by atoms with Gasteiger partial charge in [-0.05, 0) is 73.5 Å². The quantitative estimate of drug-likeness (QED) is 0.265. The molecule has 8 heteroatoms. The van der Waals surface area contributed by atoms with Crippen molar-refractivity contribution < 1.29 is 9.59 Å². The predicted octanol–water partition coefficient (Wildman–Crippen LogP) is 7.31. The first-order chi connectivity index (χ1) is 17.0. The van der Waals surface area contributed by atoms with Crippen LogP contribution in [0.1, 0.15) is 42.5 Å². The summed E-state index contributed by atoms with van der Waals surface area (Å²) in [5.41, 5.74) is 4.31. The van der Waals surface area contributed by atoms with E-state index in [1.807, 2.05) is 36.4 Å². The topological polar surface area (TPSA) is 86.9 Å². The fraction of sp³-hybridized carbons (Fsp3) is 0.222. The summed E-state index contributed by atoms with van der Waals surface area (Å²) in [5, 5.41) is 6.63. The predicted molar refractivity (Wildman–Crippen MR) is 141 cm³/mol. The Morgan fingerprint density at radius 3 is 2.31 bits per heavy atom. The van der Waals surface area contributed by atoms with Crippen LogP contribution in [-0.4, -0.2) is 21.8 Å². The van der Waals surface area contributed by atoms with Crippen molar-refractivity contribution in [1.82, 2.24) is 9.97 Å². The molecule has 0 saturated heterocycles. The van der Waals surface area contributed by atoms with E-state index in [4.69, 9.17) is 23.2 Å². The number of hydrogen-bond acceptors (Lipinski definition) is 3. The zero-order chi connectivity index (χ0) is 24.4. The minimum atomic E-state index is -0.284. The summed E-state index contributed by atoms with van der Waals surface area (Å²) >= 11 is 12.0. The number of anilines is 2. The van der Waals surface area contributed by atoms with E-state index in [1.54, 1.807) is 18.2 Å². The summed E-state index contributed by atoms with van der Waals surface area (Å²) in [5.74, 6) is 0.647. The van der Waals surface area contributed by atoms with Crippen LogP contribution in [0.5, 0.6) is 0 Å². The molecule has 0 aliphatic heterocycles. The first kappa shape index (κ1) is 23.4. The van der Waals surface area contributed by atoms with E-state index in [0.717, 1.165) is 48.0 Å². The summed E-state index contributed by atoms with van der Waals surface area (Å²) in [7, 11) is 0. The molecule has 1 heterocycles. The Hall–Kier alpha value is -3.35. The molecule has 1 saturated carbocycles. The normalized spacial score (nSPS) is 14.1. The fourth-order valence-corrected chi connectivity index (χ4v) is 4.68. The zero-order valence-corrected chi connectivity index (χ0v) is 20.4. The molecule has 0 radical (unpaired) electrons. The molecule has 35 heavy (non-hydrogen) atoms. The number of aromatic amines is 1. The lowest BCUT2D eigenvalue weighted by Gasteiger charge is -2.20. The van der Waals surface area contributed by atoms with Gasteiger partial charge in [0.1, 0.15) is 5.82 Å². The number of carbonyl (C=O) groups excluding carboxylic acids is 2. The van der Waals surface area contributed by atoms with E-state index in [-0.39, 0.29) is 17.7 Å². The minimum absolute atomic E-state index is 0.108. The number of amides is 2. The molecule has 1 aliphatic carbocycles. The van der Waals surface area contributed by atoms with Gasteiger partial charge in [0.25, 0.3) is 5.91 Å². The van der Waals surface area contributed by atoms with Gasteiger partial charge in [-0.25, -0.2) is 4.98 Å². The Kier molecular flexibility index (Phi) is 6.75. The maximum atomic E-state index is 12.6. The highest BCUT2D eigenvalue weighted by atomic mass is 35.5.